The third kappa shape index (κ3) is 5.55. The normalized spacial score (nSPS) is 18.9. The molecule has 9 heteroatoms. The summed E-state index contributed by atoms with van der Waals surface area (Å²) in [5.41, 5.74) is 1.34. The Morgan fingerprint density at radius 2 is 1.59 bits per heavy atom. The van der Waals surface area contributed by atoms with E-state index in [1.807, 2.05) is 13.0 Å². The second-order valence-corrected chi connectivity index (χ2v) is 7.66. The second kappa shape index (κ2) is 9.83. The van der Waals surface area contributed by atoms with Crippen LogP contribution >= 0.6 is 0 Å². The molecule has 0 heterocycles. The highest BCUT2D eigenvalue weighted by atomic mass is 19.3. The molecular formula is C23H21F7O2. The van der Waals surface area contributed by atoms with Crippen molar-refractivity contribution in [3.8, 4) is 11.5 Å². The van der Waals surface area contributed by atoms with Crippen LogP contribution in [-0.4, -0.2) is 6.11 Å². The van der Waals surface area contributed by atoms with Gasteiger partial charge in [0.1, 0.15) is 11.6 Å². The fraction of sp³-hybridized carbons (Fsp3) is 0.391. The minimum Gasteiger partial charge on any atom is -0.453 e. The average Bonchev–Trinajstić information content (AvgIpc) is 2.72. The van der Waals surface area contributed by atoms with Gasteiger partial charge < -0.3 is 9.47 Å². The number of aryl methyl sites for hydroxylation is 1. The lowest BCUT2D eigenvalue weighted by atomic mass is 9.78. The molecule has 0 saturated heterocycles. The van der Waals surface area contributed by atoms with E-state index in [0.29, 0.717) is 37.0 Å². The average molecular weight is 462 g/mol. The lowest BCUT2D eigenvalue weighted by molar-refractivity contribution is -0.222. The van der Waals surface area contributed by atoms with Crippen molar-refractivity contribution >= 4 is 0 Å². The molecule has 1 aliphatic rings. The van der Waals surface area contributed by atoms with Gasteiger partial charge in [-0.1, -0.05) is 19.1 Å². The first-order valence-corrected chi connectivity index (χ1v) is 10.1. The van der Waals surface area contributed by atoms with Gasteiger partial charge in [-0.05, 0) is 55.2 Å². The summed E-state index contributed by atoms with van der Waals surface area (Å²) in [7, 11) is 0. The van der Waals surface area contributed by atoms with Gasteiger partial charge in [0.05, 0.1) is 5.92 Å². The molecule has 2 aromatic rings. The first-order valence-electron chi connectivity index (χ1n) is 10.1. The molecule has 0 unspecified atom stereocenters. The Morgan fingerprint density at radius 3 is 2.12 bits per heavy atom. The summed E-state index contributed by atoms with van der Waals surface area (Å²) in [5, 5.41) is 0. The molecule has 0 amide bonds. The lowest BCUT2D eigenvalue weighted by Crippen LogP contribution is -2.37. The number of hydrogen-bond donors (Lipinski definition) is 0. The van der Waals surface area contributed by atoms with Crippen molar-refractivity contribution in [1.29, 1.82) is 0 Å². The number of benzene rings is 2. The Labute approximate surface area is 180 Å². The summed E-state index contributed by atoms with van der Waals surface area (Å²) in [6.45, 7) is 1.90. The van der Waals surface area contributed by atoms with Crippen molar-refractivity contribution in [3.63, 3.8) is 0 Å². The van der Waals surface area contributed by atoms with Gasteiger partial charge in [0, 0.05) is 12.1 Å². The minimum absolute atomic E-state index is 0.0271. The van der Waals surface area contributed by atoms with Gasteiger partial charge in [-0.2, -0.15) is 17.6 Å². The van der Waals surface area contributed by atoms with Gasteiger partial charge >= 0.3 is 12.2 Å². The molecule has 2 nitrogen and oxygen atoms in total. The first-order chi connectivity index (χ1) is 15.1. The molecule has 1 saturated carbocycles. The van der Waals surface area contributed by atoms with Crippen LogP contribution in [0.5, 0.6) is 11.5 Å². The van der Waals surface area contributed by atoms with Crippen LogP contribution in [0, 0.1) is 23.4 Å². The first kappa shape index (κ1) is 23.9. The molecule has 0 spiro atoms. The van der Waals surface area contributed by atoms with Crippen LogP contribution in [0.4, 0.5) is 30.7 Å². The summed E-state index contributed by atoms with van der Waals surface area (Å²) in [4.78, 5) is 0. The smallest absolute Gasteiger partial charge is 0.400 e. The molecule has 0 N–H and O–H groups in total. The van der Waals surface area contributed by atoms with Crippen molar-refractivity contribution in [2.75, 3.05) is 0 Å². The molecular weight excluding hydrogens is 441 g/mol. The third-order valence-electron chi connectivity index (χ3n) is 5.61. The monoisotopic (exact) mass is 462 g/mol. The van der Waals surface area contributed by atoms with Gasteiger partial charge in [0.2, 0.25) is 0 Å². The van der Waals surface area contributed by atoms with Crippen LogP contribution < -0.4 is 9.47 Å². The minimum atomic E-state index is -3.73. The van der Waals surface area contributed by atoms with Gasteiger partial charge in [-0.15, -0.1) is 0 Å². The quantitative estimate of drug-likeness (QED) is 0.310. The Morgan fingerprint density at radius 1 is 0.969 bits per heavy atom. The van der Waals surface area contributed by atoms with E-state index in [2.05, 4.69) is 9.47 Å². The van der Waals surface area contributed by atoms with Gasteiger partial charge in [-0.25, -0.2) is 13.2 Å². The van der Waals surface area contributed by atoms with Crippen molar-refractivity contribution in [1.82, 2.24) is 0 Å². The van der Waals surface area contributed by atoms with E-state index in [1.54, 1.807) is 6.07 Å². The van der Waals surface area contributed by atoms with E-state index >= 15 is 0 Å². The molecule has 174 valence electrons. The standard InChI is InChI=1S/C23H21F7O2/c1-2-13-3-8-17(18(24)9-13)14-4-6-15(7-5-14)23(29,30)32-16-10-19(25)22(20(26)11-16)31-12-21(27)28/h3,8-12,14-15H,2,4-7H2,1H3. The van der Waals surface area contributed by atoms with E-state index in [-0.39, 0.29) is 30.8 Å². The van der Waals surface area contributed by atoms with E-state index in [1.165, 1.54) is 6.07 Å². The van der Waals surface area contributed by atoms with Crippen LogP contribution in [0.15, 0.2) is 42.7 Å². The van der Waals surface area contributed by atoms with E-state index in [4.69, 9.17) is 0 Å². The predicted octanol–water partition coefficient (Wildman–Crippen LogP) is 7.73. The Bertz CT molecular complexity index is 955. The number of halogens is 7. The molecule has 32 heavy (non-hydrogen) atoms. The highest BCUT2D eigenvalue weighted by Gasteiger charge is 2.44. The zero-order chi connectivity index (χ0) is 23.5. The Kier molecular flexibility index (Phi) is 7.36. The highest BCUT2D eigenvalue weighted by Crippen LogP contribution is 2.44. The number of hydrogen-bond acceptors (Lipinski definition) is 2. The molecule has 0 aromatic heterocycles. The second-order valence-electron chi connectivity index (χ2n) is 7.66. The lowest BCUT2D eigenvalue weighted by Gasteiger charge is -2.33. The van der Waals surface area contributed by atoms with Crippen molar-refractivity contribution < 1.29 is 40.2 Å². The van der Waals surface area contributed by atoms with E-state index < -0.39 is 41.2 Å². The number of ether oxygens (including phenoxy) is 2. The molecule has 0 bridgehead atoms. The van der Waals surface area contributed by atoms with Crippen molar-refractivity contribution in [3.05, 3.63) is 71.3 Å². The highest BCUT2D eigenvalue weighted by molar-refractivity contribution is 5.35. The van der Waals surface area contributed by atoms with Crippen LogP contribution in [0.3, 0.4) is 0 Å². The Balaban J connectivity index is 1.66. The molecule has 0 aliphatic heterocycles. The number of alkyl halides is 2. The predicted molar refractivity (Wildman–Crippen MR) is 103 cm³/mol. The largest absolute Gasteiger partial charge is 0.453 e. The van der Waals surface area contributed by atoms with Crippen molar-refractivity contribution in [2.45, 2.75) is 51.1 Å². The van der Waals surface area contributed by atoms with Gasteiger partial charge in [-0.3, -0.25) is 0 Å². The van der Waals surface area contributed by atoms with Gasteiger partial charge in [0.25, 0.3) is 0 Å². The summed E-state index contributed by atoms with van der Waals surface area (Å²) >= 11 is 0. The van der Waals surface area contributed by atoms with Crippen LogP contribution in [0.1, 0.15) is 49.7 Å². The topological polar surface area (TPSA) is 18.5 Å². The fourth-order valence-electron chi connectivity index (χ4n) is 3.91. The van der Waals surface area contributed by atoms with E-state index in [9.17, 15) is 30.7 Å². The van der Waals surface area contributed by atoms with Crippen molar-refractivity contribution in [2.24, 2.45) is 5.92 Å². The summed E-state index contributed by atoms with van der Waals surface area (Å²) in [6, 6.07) is 5.83. The zero-order valence-electron chi connectivity index (χ0n) is 17.1. The molecule has 3 rings (SSSR count). The SMILES string of the molecule is CCc1ccc(C2CCC(C(F)(F)Oc3cc(F)c(OC=C(F)F)c(F)c3)CC2)c(F)c1. The zero-order valence-corrected chi connectivity index (χ0v) is 17.1. The maximum atomic E-state index is 14.6. The Hall–Kier alpha value is -2.71. The van der Waals surface area contributed by atoms with Crippen LogP contribution in [-0.2, 0) is 6.42 Å². The molecule has 0 atom stereocenters. The maximum Gasteiger partial charge on any atom is 0.400 e. The van der Waals surface area contributed by atoms with Crippen LogP contribution in [0.25, 0.3) is 0 Å². The summed E-state index contributed by atoms with van der Waals surface area (Å²) in [6.07, 6.45) is -4.88. The number of rotatable bonds is 7. The molecule has 2 aromatic carbocycles. The summed E-state index contributed by atoms with van der Waals surface area (Å²) in [5.74, 6) is -6.70. The van der Waals surface area contributed by atoms with E-state index in [0.717, 1.165) is 5.56 Å². The molecule has 0 radical (unpaired) electrons. The third-order valence-corrected chi connectivity index (χ3v) is 5.61. The fourth-order valence-corrected chi connectivity index (χ4v) is 3.91. The van der Waals surface area contributed by atoms with Gasteiger partial charge in [0.15, 0.2) is 23.6 Å². The molecule has 1 aliphatic carbocycles. The molecule has 1 fully saturated rings. The van der Waals surface area contributed by atoms with Crippen LogP contribution in [0.2, 0.25) is 0 Å². The maximum absolute atomic E-state index is 14.6. The summed E-state index contributed by atoms with van der Waals surface area (Å²) < 4.78 is 104.